The van der Waals surface area contributed by atoms with E-state index in [1.165, 1.54) is 23.1 Å². The third-order valence-electron chi connectivity index (χ3n) is 3.64. The number of sulfonamides is 1. The molecule has 0 bridgehead atoms. The molecule has 25 heavy (non-hydrogen) atoms. The van der Waals surface area contributed by atoms with E-state index < -0.39 is 22.0 Å². The van der Waals surface area contributed by atoms with Gasteiger partial charge in [0, 0.05) is 0 Å². The summed E-state index contributed by atoms with van der Waals surface area (Å²) in [5.41, 5.74) is 2.45. The number of amides is 1. The first kappa shape index (κ1) is 19.7. The number of aromatic nitrogens is 2. The smallest absolute Gasteiger partial charge is 0.249 e. The number of aryl methyl sites for hydroxylation is 2. The Morgan fingerprint density at radius 1 is 1.28 bits per heavy atom. The van der Waals surface area contributed by atoms with E-state index in [0.29, 0.717) is 10.8 Å². The second-order valence-electron chi connectivity index (χ2n) is 5.57. The SMILES string of the molecule is CSc1nnc(NC(=O)C(C)N(c2ccc(C)c(C)c2)S(C)(=O)=O)s1. The van der Waals surface area contributed by atoms with Crippen LogP contribution in [0.15, 0.2) is 22.5 Å². The highest BCUT2D eigenvalue weighted by Gasteiger charge is 2.29. The van der Waals surface area contributed by atoms with Crippen molar-refractivity contribution in [2.24, 2.45) is 0 Å². The van der Waals surface area contributed by atoms with Crippen molar-refractivity contribution in [3.63, 3.8) is 0 Å². The topological polar surface area (TPSA) is 92.3 Å². The van der Waals surface area contributed by atoms with Gasteiger partial charge in [0.25, 0.3) is 0 Å². The van der Waals surface area contributed by atoms with E-state index >= 15 is 0 Å². The number of thioether (sulfide) groups is 1. The summed E-state index contributed by atoms with van der Waals surface area (Å²) in [6, 6.07) is 4.36. The zero-order chi connectivity index (χ0) is 18.8. The van der Waals surface area contributed by atoms with E-state index in [0.717, 1.165) is 26.0 Å². The molecule has 0 aliphatic rings. The lowest BCUT2D eigenvalue weighted by atomic mass is 10.1. The number of hydrogen-bond donors (Lipinski definition) is 1. The zero-order valence-electron chi connectivity index (χ0n) is 14.6. The molecule has 0 aliphatic carbocycles. The van der Waals surface area contributed by atoms with Gasteiger partial charge in [-0.05, 0) is 50.3 Å². The van der Waals surface area contributed by atoms with E-state index in [9.17, 15) is 13.2 Å². The fourth-order valence-corrected chi connectivity index (χ4v) is 4.56. The minimum Gasteiger partial charge on any atom is -0.299 e. The minimum atomic E-state index is -3.65. The summed E-state index contributed by atoms with van der Waals surface area (Å²) >= 11 is 2.66. The molecule has 1 atom stereocenters. The normalized spacial score (nSPS) is 12.7. The van der Waals surface area contributed by atoms with Crippen LogP contribution in [0.1, 0.15) is 18.1 Å². The molecule has 1 N–H and O–H groups in total. The van der Waals surface area contributed by atoms with Crippen LogP contribution in [0.4, 0.5) is 10.8 Å². The van der Waals surface area contributed by atoms with Crippen molar-refractivity contribution in [3.05, 3.63) is 29.3 Å². The second kappa shape index (κ2) is 7.71. The minimum absolute atomic E-state index is 0.342. The standard InChI is InChI=1S/C15H20N4O3S3/c1-9-6-7-12(8-10(9)2)19(25(5,21)22)11(3)13(20)16-14-17-18-15(23-4)24-14/h6-8,11H,1-5H3,(H,16,17,20). The van der Waals surface area contributed by atoms with Crippen molar-refractivity contribution < 1.29 is 13.2 Å². The van der Waals surface area contributed by atoms with Crippen molar-refractivity contribution in [3.8, 4) is 0 Å². The Hall–Kier alpha value is -1.65. The maximum atomic E-state index is 12.5. The van der Waals surface area contributed by atoms with Crippen molar-refractivity contribution >= 4 is 49.8 Å². The molecule has 136 valence electrons. The lowest BCUT2D eigenvalue weighted by molar-refractivity contribution is -0.116. The summed E-state index contributed by atoms with van der Waals surface area (Å²) in [6.45, 7) is 5.39. The number of benzene rings is 1. The molecule has 0 saturated carbocycles. The zero-order valence-corrected chi connectivity index (χ0v) is 17.1. The van der Waals surface area contributed by atoms with Crippen LogP contribution in [0.25, 0.3) is 0 Å². The Morgan fingerprint density at radius 2 is 1.96 bits per heavy atom. The van der Waals surface area contributed by atoms with Gasteiger partial charge < -0.3 is 0 Å². The van der Waals surface area contributed by atoms with Gasteiger partial charge in [0.2, 0.25) is 21.1 Å². The first-order chi connectivity index (χ1) is 11.6. The molecular weight excluding hydrogens is 380 g/mol. The molecule has 1 aromatic heterocycles. The fraction of sp³-hybridized carbons (Fsp3) is 0.400. The van der Waals surface area contributed by atoms with Gasteiger partial charge in [0.15, 0.2) is 4.34 Å². The molecule has 0 radical (unpaired) electrons. The highest BCUT2D eigenvalue weighted by atomic mass is 32.2. The Labute approximate surface area is 155 Å². The van der Waals surface area contributed by atoms with Crippen LogP contribution in [0.3, 0.4) is 0 Å². The summed E-state index contributed by atoms with van der Waals surface area (Å²) in [7, 11) is -3.65. The number of carbonyl (C=O) groups excluding carboxylic acids is 1. The Morgan fingerprint density at radius 3 is 2.48 bits per heavy atom. The molecular formula is C15H20N4O3S3. The third-order valence-corrected chi connectivity index (χ3v) is 6.70. The van der Waals surface area contributed by atoms with Crippen LogP contribution >= 0.6 is 23.1 Å². The van der Waals surface area contributed by atoms with E-state index in [-0.39, 0.29) is 0 Å². The van der Waals surface area contributed by atoms with Gasteiger partial charge >= 0.3 is 0 Å². The number of hydrogen-bond acceptors (Lipinski definition) is 7. The summed E-state index contributed by atoms with van der Waals surface area (Å²) in [6.07, 6.45) is 2.95. The van der Waals surface area contributed by atoms with Gasteiger partial charge in [-0.1, -0.05) is 29.2 Å². The fourth-order valence-electron chi connectivity index (χ4n) is 2.22. The largest absolute Gasteiger partial charge is 0.299 e. The molecule has 1 amide bonds. The molecule has 10 heteroatoms. The number of nitrogens with zero attached hydrogens (tertiary/aromatic N) is 3. The highest BCUT2D eigenvalue weighted by molar-refractivity contribution is 8.00. The van der Waals surface area contributed by atoms with Gasteiger partial charge in [-0.2, -0.15) is 0 Å². The molecule has 0 aliphatic heterocycles. The quantitative estimate of drug-likeness (QED) is 0.592. The average Bonchev–Trinajstić information content (AvgIpc) is 2.97. The van der Waals surface area contributed by atoms with Crippen molar-refractivity contribution in [2.75, 3.05) is 22.1 Å². The van der Waals surface area contributed by atoms with Crippen molar-refractivity contribution in [1.82, 2.24) is 10.2 Å². The lowest BCUT2D eigenvalue weighted by Gasteiger charge is -2.28. The van der Waals surface area contributed by atoms with E-state index in [1.54, 1.807) is 19.1 Å². The third kappa shape index (κ3) is 4.71. The molecule has 0 fully saturated rings. The van der Waals surface area contributed by atoms with Gasteiger partial charge in [-0.25, -0.2) is 8.42 Å². The molecule has 7 nitrogen and oxygen atoms in total. The monoisotopic (exact) mass is 400 g/mol. The van der Waals surface area contributed by atoms with Crippen LogP contribution in [0.5, 0.6) is 0 Å². The predicted octanol–water partition coefficient (Wildman–Crippen LogP) is 2.67. The summed E-state index contributed by atoms with van der Waals surface area (Å²) in [4.78, 5) is 12.5. The molecule has 2 aromatic rings. The Bertz CT molecular complexity index is 880. The molecule has 0 saturated heterocycles. The van der Waals surface area contributed by atoms with Gasteiger partial charge in [-0.15, -0.1) is 10.2 Å². The van der Waals surface area contributed by atoms with E-state index in [1.807, 2.05) is 26.2 Å². The van der Waals surface area contributed by atoms with Crippen LogP contribution in [-0.4, -0.2) is 43.1 Å². The van der Waals surface area contributed by atoms with Gasteiger partial charge in [0.05, 0.1) is 11.9 Å². The Kier molecular flexibility index (Phi) is 6.07. The average molecular weight is 401 g/mol. The highest BCUT2D eigenvalue weighted by Crippen LogP contribution is 2.26. The molecule has 1 unspecified atom stereocenters. The van der Waals surface area contributed by atoms with Crippen molar-refractivity contribution in [1.29, 1.82) is 0 Å². The van der Waals surface area contributed by atoms with Crippen molar-refractivity contribution in [2.45, 2.75) is 31.2 Å². The first-order valence-corrected chi connectivity index (χ1v) is 11.3. The maximum Gasteiger partial charge on any atom is 0.249 e. The molecule has 1 heterocycles. The van der Waals surface area contributed by atoms with E-state index in [4.69, 9.17) is 0 Å². The second-order valence-corrected chi connectivity index (χ2v) is 9.46. The maximum absolute atomic E-state index is 12.5. The van der Waals surface area contributed by atoms with Gasteiger partial charge in [0.1, 0.15) is 6.04 Å². The number of nitrogens with one attached hydrogen (secondary N) is 1. The van der Waals surface area contributed by atoms with Crippen LogP contribution in [0.2, 0.25) is 0 Å². The van der Waals surface area contributed by atoms with Crippen LogP contribution in [-0.2, 0) is 14.8 Å². The summed E-state index contributed by atoms with van der Waals surface area (Å²) < 4.78 is 26.4. The number of carbonyl (C=O) groups is 1. The first-order valence-electron chi connectivity index (χ1n) is 7.38. The lowest BCUT2D eigenvalue weighted by Crippen LogP contribution is -2.45. The van der Waals surface area contributed by atoms with Gasteiger partial charge in [-0.3, -0.25) is 14.4 Å². The Balaban J connectivity index is 2.30. The number of rotatable bonds is 6. The summed E-state index contributed by atoms with van der Waals surface area (Å²) in [5, 5.41) is 10.8. The molecule has 0 spiro atoms. The summed E-state index contributed by atoms with van der Waals surface area (Å²) in [5.74, 6) is -0.465. The predicted molar refractivity (Wildman–Crippen MR) is 103 cm³/mol. The molecule has 2 rings (SSSR count). The molecule has 1 aromatic carbocycles. The van der Waals surface area contributed by atoms with Crippen LogP contribution < -0.4 is 9.62 Å². The van der Waals surface area contributed by atoms with E-state index in [2.05, 4.69) is 15.5 Å². The van der Waals surface area contributed by atoms with Crippen LogP contribution in [0, 0.1) is 13.8 Å². The number of anilines is 2.